The zero-order chi connectivity index (χ0) is 11.6. The van der Waals surface area contributed by atoms with Crippen molar-refractivity contribution in [3.63, 3.8) is 0 Å². The first kappa shape index (κ1) is 11.9. The third-order valence-corrected chi connectivity index (χ3v) is 2.24. The molecule has 0 saturated heterocycles. The van der Waals surface area contributed by atoms with E-state index in [0.29, 0.717) is 0 Å². The van der Waals surface area contributed by atoms with Crippen molar-refractivity contribution in [1.82, 2.24) is 10.3 Å². The molecule has 1 amide bonds. The number of rotatable bonds is 2. The number of carbonyl (C=O) groups is 1. The molecule has 4 nitrogen and oxygen atoms in total. The molecule has 0 aliphatic carbocycles. The highest BCUT2D eigenvalue weighted by Crippen LogP contribution is 2.28. The predicted molar refractivity (Wildman–Crippen MR) is 55.3 cm³/mol. The van der Waals surface area contributed by atoms with Gasteiger partial charge in [0.05, 0.1) is 5.02 Å². The highest BCUT2D eigenvalue weighted by atomic mass is 35.5. The van der Waals surface area contributed by atoms with E-state index in [1.165, 1.54) is 19.3 Å². The average molecular weight is 232 g/mol. The molecule has 1 heterocycles. The van der Waals surface area contributed by atoms with Crippen molar-refractivity contribution in [3.05, 3.63) is 28.5 Å². The zero-order valence-electron chi connectivity index (χ0n) is 8.34. The van der Waals surface area contributed by atoms with Crippen molar-refractivity contribution in [1.29, 1.82) is 0 Å². The molecule has 1 atom stereocenters. The summed E-state index contributed by atoms with van der Waals surface area (Å²) in [7, 11) is 1.43. The van der Waals surface area contributed by atoms with Crippen LogP contribution in [0.3, 0.4) is 0 Å². The van der Waals surface area contributed by atoms with Gasteiger partial charge in [0.25, 0.3) is 5.91 Å². The molecule has 3 N–H and O–H groups in total. The molecular weight excluding hydrogens is 221 g/mol. The Balaban J connectivity index is 3.30. The maximum atomic E-state index is 13.5. The van der Waals surface area contributed by atoms with Gasteiger partial charge in [-0.1, -0.05) is 11.6 Å². The number of pyridine rings is 1. The second-order valence-corrected chi connectivity index (χ2v) is 3.55. The maximum Gasteiger partial charge on any atom is 0.271 e. The van der Waals surface area contributed by atoms with Gasteiger partial charge in [0, 0.05) is 18.8 Å². The molecule has 0 saturated carbocycles. The summed E-state index contributed by atoms with van der Waals surface area (Å²) in [5.74, 6) is -2.57. The molecule has 1 aromatic rings. The Hall–Kier alpha value is -1.20. The quantitative estimate of drug-likeness (QED) is 0.752. The lowest BCUT2D eigenvalue weighted by molar-refractivity contribution is 0.0958. The van der Waals surface area contributed by atoms with Gasteiger partial charge >= 0.3 is 0 Å². The van der Waals surface area contributed by atoms with E-state index in [9.17, 15) is 9.18 Å². The van der Waals surface area contributed by atoms with Crippen LogP contribution < -0.4 is 11.1 Å². The van der Waals surface area contributed by atoms with Gasteiger partial charge in [-0.3, -0.25) is 10.5 Å². The van der Waals surface area contributed by atoms with E-state index in [-0.39, 0.29) is 16.3 Å². The Morgan fingerprint density at radius 2 is 2.33 bits per heavy atom. The Labute approximate surface area is 91.6 Å². The number of halogens is 2. The van der Waals surface area contributed by atoms with E-state index in [2.05, 4.69) is 10.3 Å². The van der Waals surface area contributed by atoms with E-state index < -0.39 is 11.7 Å². The van der Waals surface area contributed by atoms with Crippen molar-refractivity contribution < 1.29 is 9.18 Å². The number of hydrogen-bond acceptors (Lipinski definition) is 3. The van der Waals surface area contributed by atoms with Crippen LogP contribution in [0.1, 0.15) is 23.0 Å². The summed E-state index contributed by atoms with van der Waals surface area (Å²) in [6.07, 6.45) is 1.29. The van der Waals surface area contributed by atoms with Gasteiger partial charge in [-0.25, -0.2) is 9.37 Å². The summed E-state index contributed by atoms with van der Waals surface area (Å²) < 4.78 is 13.5. The molecule has 0 bridgehead atoms. The van der Waals surface area contributed by atoms with E-state index in [1.807, 2.05) is 0 Å². The predicted octanol–water partition coefficient (Wildman–Crippen LogP) is 1.20. The molecule has 0 fully saturated rings. The Morgan fingerprint density at radius 1 is 1.73 bits per heavy atom. The Kier molecular flexibility index (Phi) is 3.26. The third-order valence-electron chi connectivity index (χ3n) is 1.86. The molecule has 6 heteroatoms. The van der Waals surface area contributed by atoms with Gasteiger partial charge in [0.2, 0.25) is 0 Å². The summed E-state index contributed by atoms with van der Waals surface area (Å²) in [5, 5.41) is 2.29. The Morgan fingerprint density at radius 3 is 2.80 bits per heavy atom. The average Bonchev–Trinajstić information content (AvgIpc) is 2.15. The molecule has 1 rings (SSSR count). The van der Waals surface area contributed by atoms with Crippen molar-refractivity contribution in [2.75, 3.05) is 7.05 Å². The van der Waals surface area contributed by atoms with Crippen molar-refractivity contribution in [3.8, 4) is 0 Å². The van der Waals surface area contributed by atoms with E-state index >= 15 is 0 Å². The number of nitrogens with one attached hydrogen (secondary N) is 1. The topological polar surface area (TPSA) is 68.0 Å². The number of nitrogens with two attached hydrogens (primary N) is 1. The van der Waals surface area contributed by atoms with E-state index in [1.54, 1.807) is 0 Å². The van der Waals surface area contributed by atoms with Crippen molar-refractivity contribution in [2.45, 2.75) is 12.7 Å². The normalized spacial score (nSPS) is 14.5. The number of hydrogen-bond donors (Lipinski definition) is 2. The van der Waals surface area contributed by atoms with Gasteiger partial charge in [-0.15, -0.1) is 0 Å². The van der Waals surface area contributed by atoms with Gasteiger partial charge in [0.15, 0.2) is 5.79 Å². The third kappa shape index (κ3) is 2.43. The minimum Gasteiger partial charge on any atom is -0.354 e. The molecule has 82 valence electrons. The van der Waals surface area contributed by atoms with Crippen LogP contribution in [-0.2, 0) is 5.79 Å². The molecule has 0 aromatic carbocycles. The van der Waals surface area contributed by atoms with Crippen molar-refractivity contribution in [2.24, 2.45) is 5.73 Å². The molecule has 1 unspecified atom stereocenters. The zero-order valence-corrected chi connectivity index (χ0v) is 9.10. The number of carbonyl (C=O) groups excluding carboxylic acids is 1. The molecule has 1 aromatic heterocycles. The lowest BCUT2D eigenvalue weighted by Gasteiger charge is -2.17. The largest absolute Gasteiger partial charge is 0.354 e. The van der Waals surface area contributed by atoms with E-state index in [4.69, 9.17) is 17.3 Å². The first-order chi connectivity index (χ1) is 6.88. The fourth-order valence-corrected chi connectivity index (χ4v) is 1.48. The van der Waals surface area contributed by atoms with Crippen LogP contribution in [-0.4, -0.2) is 17.9 Å². The Bertz CT molecular complexity index is 389. The standard InChI is InChI=1S/C9H11ClFN3O/c1-9(11,12)5-3-4-14-7(6(5)10)8(15)13-2/h3-4H,12H2,1-2H3,(H,13,15). The fraction of sp³-hybridized carbons (Fsp3) is 0.333. The maximum absolute atomic E-state index is 13.5. The smallest absolute Gasteiger partial charge is 0.271 e. The summed E-state index contributed by atoms with van der Waals surface area (Å²) in [5.41, 5.74) is 5.26. The minimum absolute atomic E-state index is 0.0361. The fourth-order valence-electron chi connectivity index (χ4n) is 1.10. The van der Waals surface area contributed by atoms with Crippen LogP contribution >= 0.6 is 11.6 Å². The summed E-state index contributed by atoms with van der Waals surface area (Å²) >= 11 is 5.82. The monoisotopic (exact) mass is 231 g/mol. The number of amides is 1. The lowest BCUT2D eigenvalue weighted by atomic mass is 10.1. The molecule has 0 radical (unpaired) electrons. The van der Waals surface area contributed by atoms with Crippen LogP contribution in [0.25, 0.3) is 0 Å². The molecule has 0 spiro atoms. The minimum atomic E-state index is -2.09. The SMILES string of the molecule is CNC(=O)c1nccc(C(C)(N)F)c1Cl. The highest BCUT2D eigenvalue weighted by Gasteiger charge is 2.26. The van der Waals surface area contributed by atoms with Crippen LogP contribution in [0.5, 0.6) is 0 Å². The van der Waals surface area contributed by atoms with Crippen LogP contribution in [0, 0.1) is 0 Å². The molecule has 15 heavy (non-hydrogen) atoms. The number of aromatic nitrogens is 1. The van der Waals surface area contributed by atoms with Gasteiger partial charge in [-0.05, 0) is 13.0 Å². The van der Waals surface area contributed by atoms with Gasteiger partial charge in [0.1, 0.15) is 5.69 Å². The number of alkyl halides is 1. The van der Waals surface area contributed by atoms with Crippen molar-refractivity contribution >= 4 is 17.5 Å². The summed E-state index contributed by atoms with van der Waals surface area (Å²) in [4.78, 5) is 15.0. The molecule has 0 aliphatic rings. The summed E-state index contributed by atoms with van der Waals surface area (Å²) in [6, 6.07) is 1.34. The van der Waals surface area contributed by atoms with Crippen LogP contribution in [0.4, 0.5) is 4.39 Å². The van der Waals surface area contributed by atoms with Crippen LogP contribution in [0.15, 0.2) is 12.3 Å². The lowest BCUT2D eigenvalue weighted by Crippen LogP contribution is -2.29. The first-order valence-corrected chi connectivity index (χ1v) is 4.60. The first-order valence-electron chi connectivity index (χ1n) is 4.22. The number of nitrogens with zero attached hydrogens (tertiary/aromatic N) is 1. The van der Waals surface area contributed by atoms with Gasteiger partial charge in [-0.2, -0.15) is 0 Å². The van der Waals surface area contributed by atoms with Gasteiger partial charge < -0.3 is 5.32 Å². The molecule has 0 aliphatic heterocycles. The van der Waals surface area contributed by atoms with E-state index in [0.717, 1.165) is 6.92 Å². The van der Waals surface area contributed by atoms with Crippen LogP contribution in [0.2, 0.25) is 5.02 Å². The highest BCUT2D eigenvalue weighted by molar-refractivity contribution is 6.34. The second kappa shape index (κ2) is 4.12. The summed E-state index contributed by atoms with van der Waals surface area (Å²) in [6.45, 7) is 1.15. The second-order valence-electron chi connectivity index (χ2n) is 3.18. The molecular formula is C9H11ClFN3O.